The summed E-state index contributed by atoms with van der Waals surface area (Å²) in [6, 6.07) is 0. The van der Waals surface area contributed by atoms with Crippen molar-refractivity contribution in [1.82, 2.24) is 9.96 Å². The Kier molecular flexibility index (Phi) is 4.47. The lowest BCUT2D eigenvalue weighted by Crippen LogP contribution is -2.57. The molecule has 0 aromatic heterocycles. The molecule has 0 aromatic carbocycles. The molecule has 0 bridgehead atoms. The summed E-state index contributed by atoms with van der Waals surface area (Å²) in [4.78, 5) is 28.9. The van der Waals surface area contributed by atoms with E-state index in [9.17, 15) is 9.59 Å². The van der Waals surface area contributed by atoms with Crippen LogP contribution >= 0.6 is 0 Å². The number of ether oxygens (including phenoxy) is 1. The minimum absolute atomic E-state index is 0.0159. The van der Waals surface area contributed by atoms with Crippen molar-refractivity contribution in [3.05, 3.63) is 0 Å². The SMILES string of the molecule is CON(C)C(=O)C1CN(CC(C)(C)OC=O)C1. The lowest BCUT2D eigenvalue weighted by atomic mass is 9.96. The summed E-state index contributed by atoms with van der Waals surface area (Å²) in [5, 5.41) is 1.25. The van der Waals surface area contributed by atoms with Gasteiger partial charge in [0.05, 0.1) is 13.0 Å². The van der Waals surface area contributed by atoms with E-state index in [4.69, 9.17) is 9.57 Å². The van der Waals surface area contributed by atoms with Crippen molar-refractivity contribution in [1.29, 1.82) is 0 Å². The van der Waals surface area contributed by atoms with Crippen molar-refractivity contribution in [3.8, 4) is 0 Å². The highest BCUT2D eigenvalue weighted by molar-refractivity contribution is 5.78. The van der Waals surface area contributed by atoms with Gasteiger partial charge in [0, 0.05) is 26.7 Å². The summed E-state index contributed by atoms with van der Waals surface area (Å²) in [5.41, 5.74) is -0.511. The minimum Gasteiger partial charge on any atom is -0.461 e. The van der Waals surface area contributed by atoms with Gasteiger partial charge in [0.2, 0.25) is 0 Å². The summed E-state index contributed by atoms with van der Waals surface area (Å²) >= 11 is 0. The third-order valence-electron chi connectivity index (χ3n) is 2.86. The summed E-state index contributed by atoms with van der Waals surface area (Å²) in [6.07, 6.45) is 0. The first-order valence-electron chi connectivity index (χ1n) is 5.55. The Morgan fingerprint density at radius 1 is 1.53 bits per heavy atom. The lowest BCUT2D eigenvalue weighted by molar-refractivity contribution is -0.180. The van der Waals surface area contributed by atoms with Gasteiger partial charge in [-0.1, -0.05) is 0 Å². The molecule has 98 valence electrons. The van der Waals surface area contributed by atoms with Crippen LogP contribution in [0.1, 0.15) is 13.8 Å². The first kappa shape index (κ1) is 13.9. The number of carbonyl (C=O) groups is 2. The van der Waals surface area contributed by atoms with E-state index in [0.29, 0.717) is 26.1 Å². The summed E-state index contributed by atoms with van der Waals surface area (Å²) in [7, 11) is 3.07. The van der Waals surface area contributed by atoms with E-state index in [1.165, 1.54) is 12.2 Å². The molecule has 1 aliphatic heterocycles. The molecule has 0 N–H and O–H groups in total. The van der Waals surface area contributed by atoms with E-state index >= 15 is 0 Å². The van der Waals surface area contributed by atoms with Gasteiger partial charge in [-0.15, -0.1) is 0 Å². The molecular weight excluding hydrogens is 224 g/mol. The zero-order valence-corrected chi connectivity index (χ0v) is 10.8. The van der Waals surface area contributed by atoms with Gasteiger partial charge in [-0.3, -0.25) is 19.3 Å². The maximum absolute atomic E-state index is 11.7. The maximum atomic E-state index is 11.7. The van der Waals surface area contributed by atoms with Crippen molar-refractivity contribution >= 4 is 12.4 Å². The number of amides is 1. The molecule has 1 saturated heterocycles. The molecule has 0 radical (unpaired) electrons. The van der Waals surface area contributed by atoms with Gasteiger partial charge in [-0.25, -0.2) is 5.06 Å². The van der Waals surface area contributed by atoms with Crippen LogP contribution in [0.15, 0.2) is 0 Å². The highest BCUT2D eigenvalue weighted by Gasteiger charge is 2.37. The zero-order valence-electron chi connectivity index (χ0n) is 10.8. The number of rotatable bonds is 6. The third-order valence-corrected chi connectivity index (χ3v) is 2.86. The minimum atomic E-state index is -0.511. The standard InChI is InChI=1S/C11H20N2O4/c1-11(2,17-8-14)7-13-5-9(6-13)10(15)12(3)16-4/h8-9H,5-7H2,1-4H3. The molecule has 1 aliphatic rings. The number of likely N-dealkylation sites (tertiary alicyclic amines) is 1. The van der Waals surface area contributed by atoms with Crippen LogP contribution < -0.4 is 0 Å². The third kappa shape index (κ3) is 3.67. The molecular formula is C11H20N2O4. The second-order valence-electron chi connectivity index (χ2n) is 4.88. The highest BCUT2D eigenvalue weighted by Crippen LogP contribution is 2.21. The Hall–Kier alpha value is -1.14. The van der Waals surface area contributed by atoms with Gasteiger partial charge in [-0.2, -0.15) is 0 Å². The van der Waals surface area contributed by atoms with Crippen LogP contribution in [-0.4, -0.2) is 61.7 Å². The molecule has 1 rings (SSSR count). The molecule has 1 heterocycles. The van der Waals surface area contributed by atoms with Crippen LogP contribution in [0.25, 0.3) is 0 Å². The van der Waals surface area contributed by atoms with E-state index < -0.39 is 5.60 Å². The fourth-order valence-corrected chi connectivity index (χ4v) is 1.91. The van der Waals surface area contributed by atoms with Gasteiger partial charge in [0.25, 0.3) is 12.4 Å². The Morgan fingerprint density at radius 2 is 2.12 bits per heavy atom. The van der Waals surface area contributed by atoms with Crippen LogP contribution in [0, 0.1) is 5.92 Å². The Balaban J connectivity index is 2.32. The largest absolute Gasteiger partial charge is 0.461 e. The molecule has 0 spiro atoms. The van der Waals surface area contributed by atoms with E-state index in [1.807, 2.05) is 13.8 Å². The van der Waals surface area contributed by atoms with Crippen molar-refractivity contribution in [3.63, 3.8) is 0 Å². The average Bonchev–Trinajstić information content (AvgIpc) is 2.20. The van der Waals surface area contributed by atoms with E-state index in [0.717, 1.165) is 0 Å². The predicted octanol–water partition coefficient (Wildman–Crippen LogP) is -0.110. The Bertz CT molecular complexity index is 287. The van der Waals surface area contributed by atoms with Crippen molar-refractivity contribution in [2.24, 2.45) is 5.92 Å². The molecule has 1 amide bonds. The second-order valence-corrected chi connectivity index (χ2v) is 4.88. The second kappa shape index (κ2) is 5.46. The molecule has 0 saturated carbocycles. The van der Waals surface area contributed by atoms with Crippen molar-refractivity contribution in [2.45, 2.75) is 19.4 Å². The monoisotopic (exact) mass is 244 g/mol. The van der Waals surface area contributed by atoms with Crippen molar-refractivity contribution in [2.75, 3.05) is 33.8 Å². The molecule has 0 aliphatic carbocycles. The molecule has 6 nitrogen and oxygen atoms in total. The number of hydrogen-bond acceptors (Lipinski definition) is 5. The first-order chi connectivity index (χ1) is 7.89. The molecule has 17 heavy (non-hydrogen) atoms. The number of nitrogens with zero attached hydrogens (tertiary/aromatic N) is 2. The molecule has 6 heteroatoms. The highest BCUT2D eigenvalue weighted by atomic mass is 16.7. The molecule has 1 fully saturated rings. The number of hydrogen-bond donors (Lipinski definition) is 0. The van der Waals surface area contributed by atoms with Gasteiger partial charge in [-0.05, 0) is 13.8 Å². The van der Waals surface area contributed by atoms with Gasteiger partial charge in [0.1, 0.15) is 5.60 Å². The lowest BCUT2D eigenvalue weighted by Gasteiger charge is -2.42. The predicted molar refractivity (Wildman–Crippen MR) is 60.9 cm³/mol. The Labute approximate surface area is 101 Å². The maximum Gasteiger partial charge on any atom is 0.293 e. The Morgan fingerprint density at radius 3 is 2.59 bits per heavy atom. The smallest absolute Gasteiger partial charge is 0.293 e. The molecule has 0 atom stereocenters. The normalized spacial score (nSPS) is 17.4. The summed E-state index contributed by atoms with van der Waals surface area (Å²) < 4.78 is 4.96. The van der Waals surface area contributed by atoms with Gasteiger partial charge < -0.3 is 4.74 Å². The van der Waals surface area contributed by atoms with Crippen molar-refractivity contribution < 1.29 is 19.2 Å². The van der Waals surface area contributed by atoms with Crippen LogP contribution in [0.3, 0.4) is 0 Å². The van der Waals surface area contributed by atoms with Gasteiger partial charge in [0.15, 0.2) is 0 Å². The topological polar surface area (TPSA) is 59.1 Å². The fraction of sp³-hybridized carbons (Fsp3) is 0.818. The fourth-order valence-electron chi connectivity index (χ4n) is 1.91. The zero-order chi connectivity index (χ0) is 13.1. The van der Waals surface area contributed by atoms with Crippen LogP contribution in [-0.2, 0) is 19.2 Å². The number of hydroxylamine groups is 2. The van der Waals surface area contributed by atoms with E-state index in [-0.39, 0.29) is 11.8 Å². The number of carbonyl (C=O) groups excluding carboxylic acids is 2. The van der Waals surface area contributed by atoms with E-state index in [2.05, 4.69) is 4.90 Å². The summed E-state index contributed by atoms with van der Waals surface area (Å²) in [5.74, 6) is -0.0372. The summed E-state index contributed by atoms with van der Waals surface area (Å²) in [6.45, 7) is 6.14. The van der Waals surface area contributed by atoms with Gasteiger partial charge >= 0.3 is 0 Å². The van der Waals surface area contributed by atoms with E-state index in [1.54, 1.807) is 7.05 Å². The quantitative estimate of drug-likeness (QED) is 0.482. The van der Waals surface area contributed by atoms with Crippen LogP contribution in [0.5, 0.6) is 0 Å². The average molecular weight is 244 g/mol. The molecule has 0 unspecified atom stereocenters. The van der Waals surface area contributed by atoms with Crippen LogP contribution in [0.4, 0.5) is 0 Å². The first-order valence-corrected chi connectivity index (χ1v) is 5.55. The molecule has 0 aromatic rings. The van der Waals surface area contributed by atoms with Crippen LogP contribution in [0.2, 0.25) is 0 Å².